The number of benzene rings is 3. The Morgan fingerprint density at radius 1 is 1.05 bits per heavy atom. The van der Waals surface area contributed by atoms with Crippen molar-refractivity contribution in [3.8, 4) is 23.0 Å². The summed E-state index contributed by atoms with van der Waals surface area (Å²) in [5, 5.41) is 2.66. The fraction of sp³-hybridized carbons (Fsp3) is 0.138. The average molecular weight is 547 g/mol. The topological polar surface area (TPSA) is 103 Å². The lowest BCUT2D eigenvalue weighted by atomic mass is 10.0. The Morgan fingerprint density at radius 2 is 1.82 bits per heavy atom. The Kier molecular flexibility index (Phi) is 7.25. The number of hydrogen-bond donors (Lipinski definition) is 1. The minimum atomic E-state index is -0.846. The van der Waals surface area contributed by atoms with Crippen molar-refractivity contribution in [3.63, 3.8) is 0 Å². The number of imide groups is 2. The number of rotatable bonds is 8. The first-order valence-corrected chi connectivity index (χ1v) is 12.3. The van der Waals surface area contributed by atoms with Crippen LogP contribution in [0.3, 0.4) is 0 Å². The van der Waals surface area contributed by atoms with Gasteiger partial charge in [-0.05, 0) is 72.2 Å². The van der Waals surface area contributed by atoms with Gasteiger partial charge in [0.1, 0.15) is 12.2 Å². The van der Waals surface area contributed by atoms with E-state index in [1.54, 1.807) is 30.3 Å². The number of amides is 4. The number of ether oxygens (including phenoxy) is 4. The summed E-state index contributed by atoms with van der Waals surface area (Å²) in [6.45, 7) is 4.24. The SMILES string of the molecule is C=CCc1cc(/C=C2\C(=O)NC(=O)N(c3ccc(Cl)cc3)C2=O)cc(OC)c1OCc1ccc2c(c1)OCO2. The van der Waals surface area contributed by atoms with E-state index in [9.17, 15) is 14.4 Å². The maximum absolute atomic E-state index is 13.3. The van der Waals surface area contributed by atoms with E-state index in [2.05, 4.69) is 11.9 Å². The number of barbiturate groups is 1. The Hall–Kier alpha value is -4.76. The Bertz CT molecular complexity index is 1510. The number of methoxy groups -OCH3 is 1. The van der Waals surface area contributed by atoms with Crippen molar-refractivity contribution >= 4 is 41.2 Å². The second-order valence-corrected chi connectivity index (χ2v) is 9.05. The molecule has 0 unspecified atom stereocenters. The van der Waals surface area contributed by atoms with E-state index in [4.69, 9.17) is 30.5 Å². The molecule has 9 nitrogen and oxygen atoms in total. The van der Waals surface area contributed by atoms with Crippen molar-refractivity contribution < 1.29 is 33.3 Å². The summed E-state index contributed by atoms with van der Waals surface area (Å²) in [6, 6.07) is 14.3. The van der Waals surface area contributed by atoms with E-state index in [-0.39, 0.29) is 24.7 Å². The van der Waals surface area contributed by atoms with E-state index >= 15 is 0 Å². The normalized spacial score (nSPS) is 15.4. The van der Waals surface area contributed by atoms with Crippen molar-refractivity contribution in [2.75, 3.05) is 18.8 Å². The zero-order valence-corrected chi connectivity index (χ0v) is 21.6. The zero-order valence-electron chi connectivity index (χ0n) is 20.9. The third kappa shape index (κ3) is 5.30. The highest BCUT2D eigenvalue weighted by Crippen LogP contribution is 2.37. The van der Waals surface area contributed by atoms with Crippen LogP contribution in [0.4, 0.5) is 10.5 Å². The van der Waals surface area contributed by atoms with Crippen molar-refractivity contribution in [2.24, 2.45) is 0 Å². The van der Waals surface area contributed by atoms with Gasteiger partial charge >= 0.3 is 6.03 Å². The minimum absolute atomic E-state index is 0.181. The molecule has 3 aromatic carbocycles. The van der Waals surface area contributed by atoms with Gasteiger partial charge in [0.15, 0.2) is 23.0 Å². The molecule has 0 aliphatic carbocycles. The average Bonchev–Trinajstić information content (AvgIpc) is 3.39. The third-order valence-corrected chi connectivity index (χ3v) is 6.31. The first-order valence-electron chi connectivity index (χ1n) is 11.9. The van der Waals surface area contributed by atoms with Crippen LogP contribution in [0.2, 0.25) is 5.02 Å². The molecule has 5 rings (SSSR count). The van der Waals surface area contributed by atoms with Crippen molar-refractivity contribution in [1.29, 1.82) is 0 Å². The van der Waals surface area contributed by atoms with Crippen LogP contribution in [0.1, 0.15) is 16.7 Å². The number of halogens is 1. The molecular formula is C29H23ClN2O7. The highest BCUT2D eigenvalue weighted by Gasteiger charge is 2.37. The summed E-state index contributed by atoms with van der Waals surface area (Å²) in [5.41, 5.74) is 2.16. The van der Waals surface area contributed by atoms with Gasteiger partial charge in [0.05, 0.1) is 12.8 Å². The predicted molar refractivity (Wildman–Crippen MR) is 144 cm³/mol. The molecule has 0 atom stereocenters. The molecule has 2 aliphatic rings. The van der Waals surface area contributed by atoms with E-state index in [1.807, 2.05) is 18.2 Å². The summed E-state index contributed by atoms with van der Waals surface area (Å²) in [5.74, 6) is 0.656. The van der Waals surface area contributed by atoms with Gasteiger partial charge in [0.2, 0.25) is 6.79 Å². The fourth-order valence-electron chi connectivity index (χ4n) is 4.22. The van der Waals surface area contributed by atoms with Gasteiger partial charge in [-0.15, -0.1) is 6.58 Å². The van der Waals surface area contributed by atoms with E-state index < -0.39 is 17.8 Å². The largest absolute Gasteiger partial charge is 0.493 e. The number of carbonyl (C=O) groups excluding carboxylic acids is 3. The molecule has 10 heteroatoms. The van der Waals surface area contributed by atoms with Gasteiger partial charge < -0.3 is 18.9 Å². The molecule has 0 saturated carbocycles. The van der Waals surface area contributed by atoms with Crippen LogP contribution in [0.25, 0.3) is 6.08 Å². The Labute approximate surface area is 229 Å². The second kappa shape index (κ2) is 10.9. The van der Waals surface area contributed by atoms with E-state index in [1.165, 1.54) is 25.3 Å². The zero-order chi connectivity index (χ0) is 27.5. The fourth-order valence-corrected chi connectivity index (χ4v) is 4.35. The number of nitrogens with one attached hydrogen (secondary N) is 1. The first-order chi connectivity index (χ1) is 18.9. The van der Waals surface area contributed by atoms with Crippen molar-refractivity contribution in [2.45, 2.75) is 13.0 Å². The molecule has 2 heterocycles. The molecule has 1 fully saturated rings. The molecule has 2 aliphatic heterocycles. The molecule has 0 bridgehead atoms. The molecule has 39 heavy (non-hydrogen) atoms. The van der Waals surface area contributed by atoms with Crippen molar-refractivity contribution in [1.82, 2.24) is 5.32 Å². The van der Waals surface area contributed by atoms with Gasteiger partial charge in [-0.1, -0.05) is 23.7 Å². The highest BCUT2D eigenvalue weighted by atomic mass is 35.5. The number of anilines is 1. The summed E-state index contributed by atoms with van der Waals surface area (Å²) >= 11 is 5.93. The second-order valence-electron chi connectivity index (χ2n) is 8.61. The van der Waals surface area contributed by atoms with Crippen LogP contribution in [0.5, 0.6) is 23.0 Å². The van der Waals surface area contributed by atoms with Gasteiger partial charge in [0, 0.05) is 10.6 Å². The third-order valence-electron chi connectivity index (χ3n) is 6.06. The molecule has 3 aromatic rings. The van der Waals surface area contributed by atoms with E-state index in [0.29, 0.717) is 40.0 Å². The maximum Gasteiger partial charge on any atom is 0.335 e. The highest BCUT2D eigenvalue weighted by molar-refractivity contribution is 6.39. The molecule has 4 amide bonds. The number of allylic oxidation sites excluding steroid dienone is 1. The van der Waals surface area contributed by atoms with Crippen LogP contribution in [-0.2, 0) is 22.6 Å². The van der Waals surface area contributed by atoms with Crippen LogP contribution in [-0.4, -0.2) is 31.7 Å². The monoisotopic (exact) mass is 546 g/mol. The summed E-state index contributed by atoms with van der Waals surface area (Å²) in [6.07, 6.45) is 3.54. The number of carbonyl (C=O) groups is 3. The van der Waals surface area contributed by atoms with Gasteiger partial charge in [-0.3, -0.25) is 14.9 Å². The Balaban J connectivity index is 1.46. The molecule has 198 valence electrons. The summed E-state index contributed by atoms with van der Waals surface area (Å²) in [7, 11) is 1.50. The summed E-state index contributed by atoms with van der Waals surface area (Å²) < 4.78 is 22.5. The molecule has 0 radical (unpaired) electrons. The van der Waals surface area contributed by atoms with E-state index in [0.717, 1.165) is 16.0 Å². The van der Waals surface area contributed by atoms with Crippen LogP contribution in [0, 0.1) is 0 Å². The molecule has 0 aromatic heterocycles. The predicted octanol–water partition coefficient (Wildman–Crippen LogP) is 5.05. The number of urea groups is 1. The number of nitrogens with zero attached hydrogens (tertiary/aromatic N) is 1. The molecule has 0 spiro atoms. The smallest absolute Gasteiger partial charge is 0.335 e. The molecular weight excluding hydrogens is 524 g/mol. The lowest BCUT2D eigenvalue weighted by Gasteiger charge is -2.26. The maximum atomic E-state index is 13.3. The molecule has 1 N–H and O–H groups in total. The van der Waals surface area contributed by atoms with Crippen molar-refractivity contribution in [3.05, 3.63) is 94.5 Å². The lowest BCUT2D eigenvalue weighted by Crippen LogP contribution is -2.54. The molecule has 1 saturated heterocycles. The standard InChI is InChI=1S/C29H23ClN2O7/c1-3-4-19-11-18(12-22-27(33)31-29(35)32(28(22)34)21-8-6-20(30)7-9-21)14-25(36-2)26(19)37-15-17-5-10-23-24(13-17)39-16-38-23/h3,5-14H,1,4,15-16H2,2H3,(H,31,33,35)/b22-12+. The number of fused-ring (bicyclic) bond motifs is 1. The van der Waals surface area contributed by atoms with Gasteiger partial charge in [0.25, 0.3) is 11.8 Å². The van der Waals surface area contributed by atoms with Gasteiger partial charge in [-0.2, -0.15) is 0 Å². The lowest BCUT2D eigenvalue weighted by molar-refractivity contribution is -0.122. The van der Waals surface area contributed by atoms with Crippen LogP contribution in [0.15, 0.2) is 72.8 Å². The Morgan fingerprint density at radius 3 is 2.56 bits per heavy atom. The van der Waals surface area contributed by atoms with Crippen LogP contribution >= 0.6 is 11.6 Å². The van der Waals surface area contributed by atoms with Crippen LogP contribution < -0.4 is 29.2 Å². The summed E-state index contributed by atoms with van der Waals surface area (Å²) in [4.78, 5) is 39.3. The minimum Gasteiger partial charge on any atom is -0.493 e. The van der Waals surface area contributed by atoms with Gasteiger partial charge in [-0.25, -0.2) is 9.69 Å². The first kappa shape index (κ1) is 25.9. The quantitative estimate of drug-likeness (QED) is 0.239. The number of hydrogen-bond acceptors (Lipinski definition) is 7.